The maximum Gasteiger partial charge on any atom is -0.0199 e. The molecular weight excluding hydrogens is 132 g/mol. The lowest BCUT2D eigenvalue weighted by atomic mass is 9.71. The first-order valence-corrected chi connectivity index (χ1v) is 4.94. The number of fused-ring (bicyclic) bond motifs is 1. The second kappa shape index (κ2) is 2.66. The summed E-state index contributed by atoms with van der Waals surface area (Å²) in [6.45, 7) is 4.83. The molecule has 0 bridgehead atoms. The molecule has 0 N–H and O–H groups in total. The largest absolute Gasteiger partial charge is 0.0880 e. The smallest absolute Gasteiger partial charge is 0.0199 e. The number of rotatable bonds is 0. The molecule has 0 aromatic rings. The summed E-state index contributed by atoms with van der Waals surface area (Å²) in [6.07, 6.45) is 9.12. The van der Waals surface area contributed by atoms with E-state index in [1.165, 1.54) is 19.3 Å². The predicted molar refractivity (Wildman–Crippen MR) is 48.3 cm³/mol. The summed E-state index contributed by atoms with van der Waals surface area (Å²) in [5.41, 5.74) is 0. The van der Waals surface area contributed by atoms with Crippen LogP contribution in [0.25, 0.3) is 0 Å². The van der Waals surface area contributed by atoms with Gasteiger partial charge in [-0.05, 0) is 42.9 Å². The maximum atomic E-state index is 2.45. The van der Waals surface area contributed by atoms with Crippen LogP contribution < -0.4 is 0 Å². The molecule has 1 saturated carbocycles. The van der Waals surface area contributed by atoms with E-state index in [2.05, 4.69) is 26.0 Å². The molecule has 0 heterocycles. The molecule has 0 radical (unpaired) electrons. The summed E-state index contributed by atoms with van der Waals surface area (Å²) in [5.74, 6) is 3.89. The highest BCUT2D eigenvalue weighted by Crippen LogP contribution is 2.42. The Morgan fingerprint density at radius 2 is 1.82 bits per heavy atom. The van der Waals surface area contributed by atoms with Crippen molar-refractivity contribution >= 4 is 0 Å². The van der Waals surface area contributed by atoms with Crippen LogP contribution in [-0.4, -0.2) is 0 Å². The first kappa shape index (κ1) is 7.39. The van der Waals surface area contributed by atoms with Gasteiger partial charge in [-0.25, -0.2) is 0 Å². The Balaban J connectivity index is 2.04. The van der Waals surface area contributed by atoms with Crippen LogP contribution in [0.5, 0.6) is 0 Å². The van der Waals surface area contributed by atoms with Gasteiger partial charge in [0.1, 0.15) is 0 Å². The quantitative estimate of drug-likeness (QED) is 0.465. The molecule has 0 aromatic carbocycles. The van der Waals surface area contributed by atoms with E-state index in [1.807, 2.05) is 0 Å². The average Bonchev–Trinajstić information content (AvgIpc) is 2.36. The lowest BCUT2D eigenvalue weighted by molar-refractivity contribution is 0.173. The Morgan fingerprint density at radius 3 is 2.64 bits per heavy atom. The van der Waals surface area contributed by atoms with E-state index in [0.29, 0.717) is 0 Å². The molecule has 0 saturated heterocycles. The Kier molecular flexibility index (Phi) is 1.78. The summed E-state index contributed by atoms with van der Waals surface area (Å²) in [7, 11) is 0. The van der Waals surface area contributed by atoms with Gasteiger partial charge >= 0.3 is 0 Å². The molecule has 62 valence electrons. The molecule has 2 rings (SSSR count). The molecule has 0 heteroatoms. The third-order valence-corrected chi connectivity index (χ3v) is 3.72. The standard InChI is InChI=1S/C11H18/c1-8-6-10-4-3-5-11(10)7-9(8)2/h3-4,8-11H,5-7H2,1-2H3. The van der Waals surface area contributed by atoms with Gasteiger partial charge in [-0.15, -0.1) is 0 Å². The van der Waals surface area contributed by atoms with Crippen LogP contribution >= 0.6 is 0 Å². The van der Waals surface area contributed by atoms with E-state index < -0.39 is 0 Å². The maximum absolute atomic E-state index is 2.45. The third kappa shape index (κ3) is 1.23. The summed E-state index contributed by atoms with van der Waals surface area (Å²) >= 11 is 0. The van der Waals surface area contributed by atoms with E-state index in [0.717, 1.165) is 23.7 Å². The van der Waals surface area contributed by atoms with E-state index in [9.17, 15) is 0 Å². The summed E-state index contributed by atoms with van der Waals surface area (Å²) < 4.78 is 0. The number of hydrogen-bond donors (Lipinski definition) is 0. The summed E-state index contributed by atoms with van der Waals surface area (Å²) in [5, 5.41) is 0. The molecule has 0 nitrogen and oxygen atoms in total. The predicted octanol–water partition coefficient (Wildman–Crippen LogP) is 3.24. The SMILES string of the molecule is CC1CC2C=CCC2CC1C. The van der Waals surface area contributed by atoms with Crippen molar-refractivity contribution in [1.82, 2.24) is 0 Å². The second-order valence-corrected chi connectivity index (χ2v) is 4.51. The van der Waals surface area contributed by atoms with E-state index in [1.54, 1.807) is 0 Å². The first-order chi connectivity index (χ1) is 5.27. The van der Waals surface area contributed by atoms with Crippen LogP contribution in [0.2, 0.25) is 0 Å². The van der Waals surface area contributed by atoms with Crippen molar-refractivity contribution in [2.24, 2.45) is 23.7 Å². The first-order valence-electron chi connectivity index (χ1n) is 4.94. The monoisotopic (exact) mass is 150 g/mol. The minimum absolute atomic E-state index is 0.946. The van der Waals surface area contributed by atoms with Crippen molar-refractivity contribution in [3.63, 3.8) is 0 Å². The van der Waals surface area contributed by atoms with Crippen LogP contribution in [0.4, 0.5) is 0 Å². The highest BCUT2D eigenvalue weighted by Gasteiger charge is 2.32. The van der Waals surface area contributed by atoms with Crippen LogP contribution in [0.15, 0.2) is 12.2 Å². The van der Waals surface area contributed by atoms with Crippen LogP contribution in [0.3, 0.4) is 0 Å². The molecule has 2 aliphatic carbocycles. The zero-order chi connectivity index (χ0) is 7.84. The second-order valence-electron chi connectivity index (χ2n) is 4.51. The zero-order valence-electron chi connectivity index (χ0n) is 7.59. The minimum atomic E-state index is 0.946. The fraction of sp³-hybridized carbons (Fsp3) is 0.818. The molecule has 0 amide bonds. The highest BCUT2D eigenvalue weighted by molar-refractivity contribution is 5.04. The fourth-order valence-electron chi connectivity index (χ4n) is 2.67. The Hall–Kier alpha value is -0.260. The van der Waals surface area contributed by atoms with Gasteiger partial charge in [-0.3, -0.25) is 0 Å². The molecule has 0 aromatic heterocycles. The van der Waals surface area contributed by atoms with Gasteiger partial charge in [-0.2, -0.15) is 0 Å². The molecule has 2 aliphatic rings. The highest BCUT2D eigenvalue weighted by atomic mass is 14.4. The van der Waals surface area contributed by atoms with Gasteiger partial charge in [0.05, 0.1) is 0 Å². The fourth-order valence-corrected chi connectivity index (χ4v) is 2.67. The van der Waals surface area contributed by atoms with Crippen LogP contribution in [0.1, 0.15) is 33.1 Å². The molecule has 4 atom stereocenters. The Bertz CT molecular complexity index is 169. The normalized spacial score (nSPS) is 49.3. The molecule has 11 heavy (non-hydrogen) atoms. The lowest BCUT2D eigenvalue weighted by Crippen LogP contribution is -2.25. The van der Waals surface area contributed by atoms with Gasteiger partial charge < -0.3 is 0 Å². The van der Waals surface area contributed by atoms with Crippen molar-refractivity contribution in [2.45, 2.75) is 33.1 Å². The molecule has 0 aliphatic heterocycles. The van der Waals surface area contributed by atoms with Gasteiger partial charge in [0.15, 0.2) is 0 Å². The Labute approximate surface area is 69.7 Å². The lowest BCUT2D eigenvalue weighted by Gasteiger charge is -2.34. The van der Waals surface area contributed by atoms with Gasteiger partial charge in [-0.1, -0.05) is 26.0 Å². The summed E-state index contributed by atoms with van der Waals surface area (Å²) in [6, 6.07) is 0. The van der Waals surface area contributed by atoms with Crippen molar-refractivity contribution < 1.29 is 0 Å². The topological polar surface area (TPSA) is 0 Å². The molecule has 4 unspecified atom stereocenters. The van der Waals surface area contributed by atoms with Gasteiger partial charge in [0, 0.05) is 0 Å². The number of hydrogen-bond acceptors (Lipinski definition) is 0. The average molecular weight is 150 g/mol. The van der Waals surface area contributed by atoms with Crippen LogP contribution in [-0.2, 0) is 0 Å². The van der Waals surface area contributed by atoms with Gasteiger partial charge in [0.2, 0.25) is 0 Å². The van der Waals surface area contributed by atoms with E-state index >= 15 is 0 Å². The van der Waals surface area contributed by atoms with Crippen LogP contribution in [0, 0.1) is 23.7 Å². The molecule has 0 spiro atoms. The van der Waals surface area contributed by atoms with Crippen molar-refractivity contribution in [2.75, 3.05) is 0 Å². The van der Waals surface area contributed by atoms with E-state index in [4.69, 9.17) is 0 Å². The molecule has 1 fully saturated rings. The summed E-state index contributed by atoms with van der Waals surface area (Å²) in [4.78, 5) is 0. The third-order valence-electron chi connectivity index (χ3n) is 3.72. The Morgan fingerprint density at radius 1 is 1.09 bits per heavy atom. The van der Waals surface area contributed by atoms with Gasteiger partial charge in [0.25, 0.3) is 0 Å². The number of allylic oxidation sites excluding steroid dienone is 2. The van der Waals surface area contributed by atoms with Crippen molar-refractivity contribution in [3.8, 4) is 0 Å². The van der Waals surface area contributed by atoms with Crippen molar-refractivity contribution in [3.05, 3.63) is 12.2 Å². The van der Waals surface area contributed by atoms with E-state index in [-0.39, 0.29) is 0 Å². The molecular formula is C11H18. The van der Waals surface area contributed by atoms with Crippen molar-refractivity contribution in [1.29, 1.82) is 0 Å². The zero-order valence-corrected chi connectivity index (χ0v) is 7.59. The minimum Gasteiger partial charge on any atom is -0.0880 e.